The molecular weight excluding hydrogens is 310 g/mol. The van der Waals surface area contributed by atoms with Crippen LogP contribution in [-0.2, 0) is 9.53 Å². The molecule has 1 amide bonds. The molecule has 0 aliphatic carbocycles. The molecular formula is C17H15N3O4. The van der Waals surface area contributed by atoms with Crippen molar-refractivity contribution in [3.8, 4) is 11.9 Å². The number of hydrogen-bond acceptors (Lipinski definition) is 6. The van der Waals surface area contributed by atoms with Gasteiger partial charge in [-0.25, -0.2) is 9.78 Å². The summed E-state index contributed by atoms with van der Waals surface area (Å²) in [6.45, 7) is 1.66. The highest BCUT2D eigenvalue weighted by molar-refractivity contribution is 5.96. The molecule has 0 unspecified atom stereocenters. The maximum absolute atomic E-state index is 12.0. The number of esters is 1. The quantitative estimate of drug-likeness (QED) is 0.817. The Kier molecular flexibility index (Phi) is 5.86. The third kappa shape index (κ3) is 4.55. The van der Waals surface area contributed by atoms with E-state index in [2.05, 4.69) is 10.3 Å². The number of anilines is 1. The first-order valence-electron chi connectivity index (χ1n) is 7.19. The van der Waals surface area contributed by atoms with E-state index >= 15 is 0 Å². The number of aromatic nitrogens is 1. The third-order valence-corrected chi connectivity index (χ3v) is 2.88. The molecule has 0 spiro atoms. The minimum atomic E-state index is -0.701. The Morgan fingerprint density at radius 3 is 2.88 bits per heavy atom. The number of amides is 1. The van der Waals surface area contributed by atoms with Gasteiger partial charge in [0.1, 0.15) is 5.56 Å². The predicted molar refractivity (Wildman–Crippen MR) is 85.5 cm³/mol. The highest BCUT2D eigenvalue weighted by Crippen LogP contribution is 2.15. The van der Waals surface area contributed by atoms with Crippen LogP contribution in [-0.4, -0.2) is 30.1 Å². The van der Waals surface area contributed by atoms with Crippen LogP contribution in [0.2, 0.25) is 0 Å². The minimum Gasteiger partial charge on any atom is -0.477 e. The number of nitriles is 1. The van der Waals surface area contributed by atoms with E-state index in [0.29, 0.717) is 17.9 Å². The molecule has 2 rings (SSSR count). The lowest BCUT2D eigenvalue weighted by molar-refractivity contribution is -0.119. The van der Waals surface area contributed by atoms with Crippen molar-refractivity contribution in [2.24, 2.45) is 0 Å². The number of ether oxygens (including phenoxy) is 2. The zero-order valence-electron chi connectivity index (χ0n) is 13.0. The van der Waals surface area contributed by atoms with Crippen molar-refractivity contribution in [2.45, 2.75) is 6.92 Å². The highest BCUT2D eigenvalue weighted by atomic mass is 16.5. The first-order valence-corrected chi connectivity index (χ1v) is 7.19. The minimum absolute atomic E-state index is 0.152. The van der Waals surface area contributed by atoms with Gasteiger partial charge in [-0.1, -0.05) is 6.07 Å². The van der Waals surface area contributed by atoms with Gasteiger partial charge >= 0.3 is 5.97 Å². The summed E-state index contributed by atoms with van der Waals surface area (Å²) < 4.78 is 10.2. The van der Waals surface area contributed by atoms with Gasteiger partial charge in [-0.3, -0.25) is 4.79 Å². The van der Waals surface area contributed by atoms with Crippen molar-refractivity contribution in [3.05, 3.63) is 53.7 Å². The van der Waals surface area contributed by atoms with Gasteiger partial charge in [0.05, 0.1) is 18.2 Å². The molecule has 0 bridgehead atoms. The van der Waals surface area contributed by atoms with Crippen molar-refractivity contribution >= 4 is 17.6 Å². The largest absolute Gasteiger partial charge is 0.477 e. The van der Waals surface area contributed by atoms with Crippen LogP contribution in [0.25, 0.3) is 0 Å². The van der Waals surface area contributed by atoms with Crippen LogP contribution in [0.1, 0.15) is 22.8 Å². The van der Waals surface area contributed by atoms with Crippen molar-refractivity contribution < 1.29 is 19.1 Å². The maximum atomic E-state index is 12.0. The van der Waals surface area contributed by atoms with E-state index in [4.69, 9.17) is 14.7 Å². The number of benzene rings is 1. The Bertz CT molecular complexity index is 783. The second-order valence-corrected chi connectivity index (χ2v) is 4.61. The van der Waals surface area contributed by atoms with E-state index in [1.807, 2.05) is 6.07 Å². The molecule has 7 nitrogen and oxygen atoms in total. The summed E-state index contributed by atoms with van der Waals surface area (Å²) in [6.07, 6.45) is 1.50. The summed E-state index contributed by atoms with van der Waals surface area (Å²) in [5.74, 6) is -1.06. The fraction of sp³-hybridized carbons (Fsp3) is 0.176. The summed E-state index contributed by atoms with van der Waals surface area (Å²) in [5, 5.41) is 11.4. The molecule has 0 atom stereocenters. The zero-order valence-corrected chi connectivity index (χ0v) is 13.0. The number of nitrogens with zero attached hydrogens (tertiary/aromatic N) is 2. The summed E-state index contributed by atoms with van der Waals surface area (Å²) in [4.78, 5) is 27.8. The normalized spacial score (nSPS) is 9.67. The fourth-order valence-corrected chi connectivity index (χ4v) is 1.87. The number of nitrogens with one attached hydrogen (secondary N) is 1. The molecule has 0 fully saturated rings. The van der Waals surface area contributed by atoms with Crippen molar-refractivity contribution in [1.29, 1.82) is 5.26 Å². The number of rotatable bonds is 6. The average Bonchev–Trinajstić information content (AvgIpc) is 2.60. The Labute approximate surface area is 138 Å². The molecule has 1 N–H and O–H groups in total. The van der Waals surface area contributed by atoms with Gasteiger partial charge in [0.25, 0.3) is 5.91 Å². The molecule has 1 aromatic carbocycles. The Morgan fingerprint density at radius 2 is 2.12 bits per heavy atom. The Hall–Kier alpha value is -3.40. The monoisotopic (exact) mass is 325 g/mol. The van der Waals surface area contributed by atoms with Crippen LogP contribution in [0.3, 0.4) is 0 Å². The summed E-state index contributed by atoms with van der Waals surface area (Å²) in [5.41, 5.74) is 1.02. The van der Waals surface area contributed by atoms with E-state index in [9.17, 15) is 9.59 Å². The Morgan fingerprint density at radius 1 is 1.29 bits per heavy atom. The first kappa shape index (κ1) is 17.0. The van der Waals surface area contributed by atoms with Crippen LogP contribution in [0, 0.1) is 11.3 Å². The van der Waals surface area contributed by atoms with E-state index in [0.717, 1.165) is 0 Å². The topological polar surface area (TPSA) is 101 Å². The summed E-state index contributed by atoms with van der Waals surface area (Å²) in [6, 6.07) is 11.5. The van der Waals surface area contributed by atoms with E-state index < -0.39 is 18.5 Å². The first-order chi connectivity index (χ1) is 11.6. The molecule has 7 heteroatoms. The predicted octanol–water partition coefficient (Wildman–Crippen LogP) is 2.15. The molecule has 2 aromatic rings. The number of hydrogen-bond donors (Lipinski definition) is 1. The lowest BCUT2D eigenvalue weighted by atomic mass is 10.2. The smallest absolute Gasteiger partial charge is 0.344 e. The van der Waals surface area contributed by atoms with E-state index in [1.165, 1.54) is 18.3 Å². The van der Waals surface area contributed by atoms with Gasteiger partial charge in [0, 0.05) is 11.9 Å². The second-order valence-electron chi connectivity index (χ2n) is 4.61. The molecule has 24 heavy (non-hydrogen) atoms. The number of pyridine rings is 1. The SMILES string of the molecule is CCOc1ncccc1C(=O)OCC(=O)Nc1cccc(C#N)c1. The van der Waals surface area contributed by atoms with Crippen molar-refractivity contribution in [2.75, 3.05) is 18.5 Å². The Balaban J connectivity index is 1.94. The lowest BCUT2D eigenvalue weighted by Crippen LogP contribution is -2.21. The number of carbonyl (C=O) groups excluding carboxylic acids is 2. The van der Waals surface area contributed by atoms with E-state index in [1.54, 1.807) is 31.2 Å². The van der Waals surface area contributed by atoms with Gasteiger partial charge in [-0.2, -0.15) is 5.26 Å². The number of carbonyl (C=O) groups is 2. The summed E-state index contributed by atoms with van der Waals surface area (Å²) in [7, 11) is 0. The van der Waals surface area contributed by atoms with Gasteiger partial charge in [-0.15, -0.1) is 0 Å². The maximum Gasteiger partial charge on any atom is 0.344 e. The molecule has 0 saturated carbocycles. The summed E-state index contributed by atoms with van der Waals surface area (Å²) >= 11 is 0. The molecule has 0 aliphatic rings. The standard InChI is InChI=1S/C17H15N3O4/c1-2-23-16-14(7-4-8-19-16)17(22)24-11-15(21)20-13-6-3-5-12(9-13)10-18/h3-9H,2,11H2,1H3,(H,20,21). The molecule has 0 saturated heterocycles. The van der Waals surface area contributed by atoms with Crippen LogP contribution in [0.5, 0.6) is 5.88 Å². The van der Waals surface area contributed by atoms with Crippen molar-refractivity contribution in [3.63, 3.8) is 0 Å². The molecule has 0 aliphatic heterocycles. The molecule has 0 radical (unpaired) electrons. The van der Waals surface area contributed by atoms with Crippen molar-refractivity contribution in [1.82, 2.24) is 4.98 Å². The average molecular weight is 325 g/mol. The van der Waals surface area contributed by atoms with Gasteiger partial charge in [-0.05, 0) is 37.3 Å². The lowest BCUT2D eigenvalue weighted by Gasteiger charge is -2.09. The van der Waals surface area contributed by atoms with Crippen LogP contribution in [0.15, 0.2) is 42.6 Å². The van der Waals surface area contributed by atoms with Gasteiger partial charge in [0.2, 0.25) is 5.88 Å². The molecule has 122 valence electrons. The van der Waals surface area contributed by atoms with Crippen LogP contribution in [0.4, 0.5) is 5.69 Å². The van der Waals surface area contributed by atoms with Crippen LogP contribution < -0.4 is 10.1 Å². The third-order valence-electron chi connectivity index (χ3n) is 2.88. The fourth-order valence-electron chi connectivity index (χ4n) is 1.87. The highest BCUT2D eigenvalue weighted by Gasteiger charge is 2.16. The van der Waals surface area contributed by atoms with Crippen LogP contribution >= 0.6 is 0 Å². The van der Waals surface area contributed by atoms with Gasteiger partial charge < -0.3 is 14.8 Å². The molecule has 1 aromatic heterocycles. The van der Waals surface area contributed by atoms with Gasteiger partial charge in [0.15, 0.2) is 6.61 Å². The molecule has 1 heterocycles. The zero-order chi connectivity index (χ0) is 17.4. The second kappa shape index (κ2) is 8.29. The van der Waals surface area contributed by atoms with E-state index in [-0.39, 0.29) is 11.4 Å².